The molecule has 3 rings (SSSR count). The van der Waals surface area contributed by atoms with Gasteiger partial charge in [-0.15, -0.1) is 0 Å². The quantitative estimate of drug-likeness (QED) is 0.887. The van der Waals surface area contributed by atoms with Crippen LogP contribution in [0.3, 0.4) is 0 Å². The van der Waals surface area contributed by atoms with Gasteiger partial charge in [-0.1, -0.05) is 30.3 Å². The number of urea groups is 2. The molecule has 1 aromatic rings. The predicted molar refractivity (Wildman–Crippen MR) is 89.2 cm³/mol. The zero-order chi connectivity index (χ0) is 17.2. The highest BCUT2D eigenvalue weighted by molar-refractivity contribution is 7.91. The fourth-order valence-corrected chi connectivity index (χ4v) is 4.98. The van der Waals surface area contributed by atoms with Crippen molar-refractivity contribution in [2.24, 2.45) is 0 Å². The summed E-state index contributed by atoms with van der Waals surface area (Å²) in [5, 5.41) is 2.16. The van der Waals surface area contributed by atoms with E-state index in [1.54, 1.807) is 4.90 Å². The van der Waals surface area contributed by atoms with Crippen LogP contribution in [0.5, 0.6) is 0 Å². The van der Waals surface area contributed by atoms with Crippen molar-refractivity contribution in [1.82, 2.24) is 15.1 Å². The first kappa shape index (κ1) is 16.8. The summed E-state index contributed by atoms with van der Waals surface area (Å²) in [6.07, 6.45) is 0.826. The van der Waals surface area contributed by atoms with Crippen molar-refractivity contribution >= 4 is 21.9 Å². The van der Waals surface area contributed by atoms with Crippen molar-refractivity contribution in [3.8, 4) is 0 Å². The van der Waals surface area contributed by atoms with Crippen molar-refractivity contribution in [3.05, 3.63) is 35.9 Å². The third-order valence-corrected chi connectivity index (χ3v) is 6.74. The molecule has 2 aliphatic rings. The number of amides is 4. The molecule has 0 aromatic heterocycles. The van der Waals surface area contributed by atoms with Crippen LogP contribution in [0, 0.1) is 0 Å². The van der Waals surface area contributed by atoms with E-state index < -0.39 is 15.1 Å². The maximum absolute atomic E-state index is 12.6. The normalized spacial score (nSPS) is 19.4. The Bertz CT molecular complexity index is 712. The molecule has 130 valence electrons. The van der Waals surface area contributed by atoms with Gasteiger partial charge in [-0.05, 0) is 18.4 Å². The molecule has 24 heavy (non-hydrogen) atoms. The summed E-state index contributed by atoms with van der Waals surface area (Å²) in [5.74, 6) is 0.0288. The SMILES string of the molecule is O=C1NCCN1C(=O)N1CCC(S(=O)(=O)Cc2ccccc2)CC1. The number of carbonyl (C=O) groups is 2. The Kier molecular flexibility index (Phi) is 4.75. The third kappa shape index (κ3) is 3.53. The van der Waals surface area contributed by atoms with Crippen LogP contribution in [0.2, 0.25) is 0 Å². The summed E-state index contributed by atoms with van der Waals surface area (Å²) in [5.41, 5.74) is 0.782. The predicted octanol–water partition coefficient (Wildman–Crippen LogP) is 1.21. The zero-order valence-electron chi connectivity index (χ0n) is 13.3. The Labute approximate surface area is 141 Å². The summed E-state index contributed by atoms with van der Waals surface area (Å²) in [6.45, 7) is 1.55. The molecule has 1 aromatic carbocycles. The van der Waals surface area contributed by atoms with E-state index in [9.17, 15) is 18.0 Å². The van der Waals surface area contributed by atoms with Crippen molar-refractivity contribution in [1.29, 1.82) is 0 Å². The standard InChI is InChI=1S/C16H21N3O4S/c20-15-17-8-11-19(15)16(21)18-9-6-14(7-10-18)24(22,23)12-13-4-2-1-3-5-13/h1-5,14H,6-12H2,(H,17,20). The number of imide groups is 1. The highest BCUT2D eigenvalue weighted by Crippen LogP contribution is 2.22. The van der Waals surface area contributed by atoms with Crippen molar-refractivity contribution < 1.29 is 18.0 Å². The van der Waals surface area contributed by atoms with E-state index in [0.717, 1.165) is 5.56 Å². The lowest BCUT2D eigenvalue weighted by Crippen LogP contribution is -2.49. The number of carbonyl (C=O) groups excluding carboxylic acids is 2. The van der Waals surface area contributed by atoms with E-state index in [1.165, 1.54) is 4.90 Å². The van der Waals surface area contributed by atoms with Crippen LogP contribution >= 0.6 is 0 Å². The molecule has 0 aliphatic carbocycles. The van der Waals surface area contributed by atoms with Gasteiger partial charge in [0.25, 0.3) is 0 Å². The summed E-state index contributed by atoms with van der Waals surface area (Å²) in [6, 6.07) is 8.42. The molecule has 0 saturated carbocycles. The van der Waals surface area contributed by atoms with E-state index in [1.807, 2.05) is 30.3 Å². The van der Waals surface area contributed by atoms with E-state index >= 15 is 0 Å². The van der Waals surface area contributed by atoms with Crippen LogP contribution in [0.15, 0.2) is 30.3 Å². The molecule has 2 saturated heterocycles. The highest BCUT2D eigenvalue weighted by atomic mass is 32.2. The molecular weight excluding hydrogens is 330 g/mol. The lowest BCUT2D eigenvalue weighted by atomic mass is 10.1. The van der Waals surface area contributed by atoms with E-state index in [2.05, 4.69) is 5.32 Å². The molecule has 2 fully saturated rings. The van der Waals surface area contributed by atoms with Crippen LogP contribution in [-0.2, 0) is 15.6 Å². The number of sulfone groups is 1. The smallest absolute Gasteiger partial charge is 0.328 e. The molecule has 1 N–H and O–H groups in total. The number of hydrogen-bond acceptors (Lipinski definition) is 4. The second-order valence-corrected chi connectivity index (χ2v) is 8.43. The Hall–Kier alpha value is -2.09. The fourth-order valence-electron chi connectivity index (χ4n) is 3.16. The monoisotopic (exact) mass is 351 g/mol. The van der Waals surface area contributed by atoms with Crippen LogP contribution in [-0.4, -0.2) is 61.7 Å². The Balaban J connectivity index is 1.58. The maximum Gasteiger partial charge on any atom is 0.328 e. The average Bonchev–Trinajstić information content (AvgIpc) is 3.01. The topological polar surface area (TPSA) is 86.8 Å². The van der Waals surface area contributed by atoms with Crippen LogP contribution in [0.4, 0.5) is 9.59 Å². The second kappa shape index (κ2) is 6.80. The second-order valence-electron chi connectivity index (χ2n) is 6.15. The molecule has 0 atom stereocenters. The zero-order valence-corrected chi connectivity index (χ0v) is 14.2. The molecule has 4 amide bonds. The minimum absolute atomic E-state index is 0.0288. The van der Waals surface area contributed by atoms with Gasteiger partial charge < -0.3 is 10.2 Å². The highest BCUT2D eigenvalue weighted by Gasteiger charge is 2.35. The minimum atomic E-state index is -3.25. The Morgan fingerprint density at radius 3 is 2.38 bits per heavy atom. The Morgan fingerprint density at radius 2 is 1.79 bits per heavy atom. The number of hydrogen-bond donors (Lipinski definition) is 1. The molecule has 0 spiro atoms. The van der Waals surface area contributed by atoms with Gasteiger partial charge in [0.1, 0.15) is 0 Å². The minimum Gasteiger partial charge on any atom is -0.336 e. The van der Waals surface area contributed by atoms with Gasteiger partial charge in [0.2, 0.25) is 0 Å². The van der Waals surface area contributed by atoms with Gasteiger partial charge in [-0.3, -0.25) is 0 Å². The molecule has 8 heteroatoms. The molecule has 0 bridgehead atoms. The van der Waals surface area contributed by atoms with Crippen LogP contribution in [0.25, 0.3) is 0 Å². The maximum atomic E-state index is 12.6. The summed E-state index contributed by atoms with van der Waals surface area (Å²) in [4.78, 5) is 26.6. The van der Waals surface area contributed by atoms with Crippen molar-refractivity contribution in [3.63, 3.8) is 0 Å². The molecule has 7 nitrogen and oxygen atoms in total. The Morgan fingerprint density at radius 1 is 1.12 bits per heavy atom. The number of nitrogens with zero attached hydrogens (tertiary/aromatic N) is 2. The van der Waals surface area contributed by atoms with Gasteiger partial charge in [-0.2, -0.15) is 0 Å². The van der Waals surface area contributed by atoms with Crippen molar-refractivity contribution in [2.45, 2.75) is 23.8 Å². The van der Waals surface area contributed by atoms with Gasteiger partial charge in [0, 0.05) is 26.2 Å². The molecule has 0 unspecified atom stereocenters. The number of benzene rings is 1. The number of rotatable bonds is 3. The van der Waals surface area contributed by atoms with E-state index in [0.29, 0.717) is 39.0 Å². The fraction of sp³-hybridized carbons (Fsp3) is 0.500. The summed E-state index contributed by atoms with van der Waals surface area (Å²) >= 11 is 0. The summed E-state index contributed by atoms with van der Waals surface area (Å²) in [7, 11) is -3.25. The first-order valence-corrected chi connectivity index (χ1v) is 9.79. The number of nitrogens with one attached hydrogen (secondary N) is 1. The number of likely N-dealkylation sites (tertiary alicyclic amines) is 1. The third-order valence-electron chi connectivity index (χ3n) is 4.52. The molecule has 2 heterocycles. The lowest BCUT2D eigenvalue weighted by Gasteiger charge is -2.33. The largest absolute Gasteiger partial charge is 0.336 e. The van der Waals surface area contributed by atoms with Gasteiger partial charge >= 0.3 is 12.1 Å². The first-order valence-electron chi connectivity index (χ1n) is 8.07. The van der Waals surface area contributed by atoms with Gasteiger partial charge in [-0.25, -0.2) is 22.9 Å². The first-order chi connectivity index (χ1) is 11.5. The van der Waals surface area contributed by atoms with Crippen molar-refractivity contribution in [2.75, 3.05) is 26.2 Å². The van der Waals surface area contributed by atoms with Gasteiger partial charge in [0.15, 0.2) is 9.84 Å². The lowest BCUT2D eigenvalue weighted by molar-refractivity contribution is 0.155. The molecular formula is C16H21N3O4S. The number of piperidine rings is 1. The molecule has 0 radical (unpaired) electrons. The molecule has 2 aliphatic heterocycles. The van der Waals surface area contributed by atoms with Crippen LogP contribution in [0.1, 0.15) is 18.4 Å². The van der Waals surface area contributed by atoms with Crippen LogP contribution < -0.4 is 5.32 Å². The van der Waals surface area contributed by atoms with E-state index in [-0.39, 0.29) is 17.8 Å². The average molecular weight is 351 g/mol. The summed E-state index contributed by atoms with van der Waals surface area (Å²) < 4.78 is 25.1. The van der Waals surface area contributed by atoms with Gasteiger partial charge in [0.05, 0.1) is 11.0 Å². The van der Waals surface area contributed by atoms with E-state index in [4.69, 9.17) is 0 Å².